The van der Waals surface area contributed by atoms with E-state index in [2.05, 4.69) is 5.32 Å². The predicted octanol–water partition coefficient (Wildman–Crippen LogP) is 2.98. The Kier molecular flexibility index (Phi) is 3.89. The first-order valence-corrected chi connectivity index (χ1v) is 6.03. The van der Waals surface area contributed by atoms with Crippen LogP contribution in [0.25, 0.3) is 0 Å². The summed E-state index contributed by atoms with van der Waals surface area (Å²) in [6.45, 7) is 1.61. The van der Waals surface area contributed by atoms with Crippen LogP contribution in [-0.4, -0.2) is 13.0 Å². The minimum Gasteiger partial charge on any atom is -0.495 e. The number of carbonyl (C=O) groups excluding carboxylic acids is 1. The topological polar surface area (TPSA) is 64.3 Å². The van der Waals surface area contributed by atoms with Gasteiger partial charge in [0.2, 0.25) is 0 Å². The fourth-order valence-electron chi connectivity index (χ4n) is 1.79. The highest BCUT2D eigenvalue weighted by Crippen LogP contribution is 2.23. The molecule has 0 saturated heterocycles. The van der Waals surface area contributed by atoms with Gasteiger partial charge < -0.3 is 15.8 Å². The van der Waals surface area contributed by atoms with Crippen LogP contribution in [0.1, 0.15) is 15.9 Å². The summed E-state index contributed by atoms with van der Waals surface area (Å²) >= 11 is 0. The van der Waals surface area contributed by atoms with E-state index in [1.807, 2.05) is 0 Å². The van der Waals surface area contributed by atoms with E-state index >= 15 is 0 Å². The van der Waals surface area contributed by atoms with Crippen LogP contribution in [0.4, 0.5) is 15.8 Å². The van der Waals surface area contributed by atoms with Crippen molar-refractivity contribution in [2.45, 2.75) is 6.92 Å². The van der Waals surface area contributed by atoms with Gasteiger partial charge in [-0.15, -0.1) is 0 Å². The maximum absolute atomic E-state index is 13.4. The number of nitrogens with two attached hydrogens (primary N) is 1. The third kappa shape index (κ3) is 2.71. The highest BCUT2D eigenvalue weighted by atomic mass is 19.1. The summed E-state index contributed by atoms with van der Waals surface area (Å²) in [6, 6.07) is 9.25. The summed E-state index contributed by atoms with van der Waals surface area (Å²) in [7, 11) is 1.48. The Balaban J connectivity index is 2.26. The average Bonchev–Trinajstić information content (AvgIpc) is 2.44. The molecule has 0 spiro atoms. The molecule has 0 bridgehead atoms. The van der Waals surface area contributed by atoms with Gasteiger partial charge in [-0.1, -0.05) is 6.07 Å². The molecule has 5 heteroatoms. The summed E-state index contributed by atoms with van der Waals surface area (Å²) in [6.07, 6.45) is 0. The highest BCUT2D eigenvalue weighted by molar-refractivity contribution is 6.05. The van der Waals surface area contributed by atoms with E-state index in [9.17, 15) is 9.18 Å². The maximum atomic E-state index is 13.4. The second-order valence-corrected chi connectivity index (χ2v) is 4.32. The van der Waals surface area contributed by atoms with Gasteiger partial charge in [-0.05, 0) is 37.3 Å². The van der Waals surface area contributed by atoms with Crippen molar-refractivity contribution in [3.8, 4) is 5.75 Å². The Morgan fingerprint density at radius 1 is 1.30 bits per heavy atom. The Hall–Kier alpha value is -2.56. The lowest BCUT2D eigenvalue weighted by atomic mass is 10.1. The normalized spacial score (nSPS) is 10.2. The molecule has 0 fully saturated rings. The second kappa shape index (κ2) is 5.61. The number of ether oxygens (including phenoxy) is 1. The van der Waals surface area contributed by atoms with E-state index in [4.69, 9.17) is 10.5 Å². The molecule has 0 aliphatic rings. The summed E-state index contributed by atoms with van der Waals surface area (Å²) in [4.78, 5) is 12.1. The molecule has 2 aromatic rings. The predicted molar refractivity (Wildman–Crippen MR) is 76.5 cm³/mol. The van der Waals surface area contributed by atoms with Crippen molar-refractivity contribution in [1.29, 1.82) is 0 Å². The fourth-order valence-corrected chi connectivity index (χ4v) is 1.79. The van der Waals surface area contributed by atoms with Gasteiger partial charge in [0, 0.05) is 16.8 Å². The maximum Gasteiger partial charge on any atom is 0.255 e. The zero-order chi connectivity index (χ0) is 14.7. The van der Waals surface area contributed by atoms with Crippen LogP contribution in [0.3, 0.4) is 0 Å². The number of carbonyl (C=O) groups is 1. The van der Waals surface area contributed by atoms with Gasteiger partial charge in [-0.25, -0.2) is 4.39 Å². The van der Waals surface area contributed by atoms with Gasteiger partial charge in [-0.3, -0.25) is 4.79 Å². The first kappa shape index (κ1) is 13.9. The second-order valence-electron chi connectivity index (χ2n) is 4.32. The molecule has 3 N–H and O–H groups in total. The Morgan fingerprint density at radius 3 is 2.75 bits per heavy atom. The number of hydrogen-bond donors (Lipinski definition) is 2. The summed E-state index contributed by atoms with van der Waals surface area (Å²) in [5.41, 5.74) is 7.36. The Morgan fingerprint density at radius 2 is 2.05 bits per heavy atom. The summed E-state index contributed by atoms with van der Waals surface area (Å²) in [5, 5.41) is 2.66. The number of hydrogen-bond acceptors (Lipinski definition) is 3. The smallest absolute Gasteiger partial charge is 0.255 e. The quantitative estimate of drug-likeness (QED) is 0.846. The van der Waals surface area contributed by atoms with Gasteiger partial charge in [0.25, 0.3) is 5.91 Å². The number of rotatable bonds is 3. The van der Waals surface area contributed by atoms with Crippen LogP contribution in [0, 0.1) is 12.7 Å². The number of halogens is 1. The number of methoxy groups -OCH3 is 1. The molecule has 0 heterocycles. The van der Waals surface area contributed by atoms with Crippen molar-refractivity contribution in [1.82, 2.24) is 0 Å². The first-order chi connectivity index (χ1) is 9.52. The lowest BCUT2D eigenvalue weighted by Gasteiger charge is -2.10. The lowest BCUT2D eigenvalue weighted by Crippen LogP contribution is -2.13. The van der Waals surface area contributed by atoms with Crippen molar-refractivity contribution in [2.24, 2.45) is 0 Å². The first-order valence-electron chi connectivity index (χ1n) is 6.03. The van der Waals surface area contributed by atoms with Crippen LogP contribution in [0.15, 0.2) is 36.4 Å². The van der Waals surface area contributed by atoms with Crippen molar-refractivity contribution in [2.75, 3.05) is 18.2 Å². The molecule has 0 radical (unpaired) electrons. The fraction of sp³-hybridized carbons (Fsp3) is 0.133. The molecule has 0 atom stereocenters. The molecule has 2 rings (SSSR count). The molecule has 0 aromatic heterocycles. The van der Waals surface area contributed by atoms with Gasteiger partial charge in [0.1, 0.15) is 11.6 Å². The molecular formula is C15H15FN2O2. The number of benzene rings is 2. The minimum atomic E-state index is -0.363. The van der Waals surface area contributed by atoms with Crippen molar-refractivity contribution in [3.63, 3.8) is 0 Å². The van der Waals surface area contributed by atoms with E-state index in [0.29, 0.717) is 28.3 Å². The standard InChI is InChI=1S/C15H15FN2O2/c1-9-11(16)4-3-5-13(9)18-15(19)10-6-7-12(17)14(8-10)20-2/h3-8H,17H2,1-2H3,(H,18,19). The van der Waals surface area contributed by atoms with Crippen LogP contribution in [-0.2, 0) is 0 Å². The van der Waals surface area contributed by atoms with E-state index < -0.39 is 0 Å². The zero-order valence-corrected chi connectivity index (χ0v) is 11.2. The van der Waals surface area contributed by atoms with E-state index in [1.165, 1.54) is 13.2 Å². The van der Waals surface area contributed by atoms with Gasteiger partial charge in [0.15, 0.2) is 0 Å². The highest BCUT2D eigenvalue weighted by Gasteiger charge is 2.11. The molecule has 104 valence electrons. The summed E-state index contributed by atoms with van der Waals surface area (Å²) < 4.78 is 18.5. The van der Waals surface area contributed by atoms with Crippen LogP contribution in [0.2, 0.25) is 0 Å². The van der Waals surface area contributed by atoms with E-state index in [1.54, 1.807) is 37.3 Å². The van der Waals surface area contributed by atoms with Crippen molar-refractivity contribution < 1.29 is 13.9 Å². The molecule has 20 heavy (non-hydrogen) atoms. The van der Waals surface area contributed by atoms with Gasteiger partial charge in [0.05, 0.1) is 12.8 Å². The third-order valence-corrected chi connectivity index (χ3v) is 3.01. The van der Waals surface area contributed by atoms with E-state index in [-0.39, 0.29) is 11.7 Å². The number of nitrogen functional groups attached to an aromatic ring is 1. The monoisotopic (exact) mass is 274 g/mol. The van der Waals surface area contributed by atoms with Crippen LogP contribution >= 0.6 is 0 Å². The number of anilines is 2. The van der Waals surface area contributed by atoms with Gasteiger partial charge >= 0.3 is 0 Å². The van der Waals surface area contributed by atoms with Crippen LogP contribution < -0.4 is 15.8 Å². The summed E-state index contributed by atoms with van der Waals surface area (Å²) in [5.74, 6) is -0.289. The van der Waals surface area contributed by atoms with Crippen molar-refractivity contribution in [3.05, 3.63) is 53.3 Å². The average molecular weight is 274 g/mol. The zero-order valence-electron chi connectivity index (χ0n) is 11.2. The minimum absolute atomic E-state index is 0.350. The molecule has 0 unspecified atom stereocenters. The molecule has 1 amide bonds. The van der Waals surface area contributed by atoms with E-state index in [0.717, 1.165) is 0 Å². The lowest BCUT2D eigenvalue weighted by molar-refractivity contribution is 0.102. The molecule has 4 nitrogen and oxygen atoms in total. The molecule has 0 aliphatic heterocycles. The van der Waals surface area contributed by atoms with Crippen LogP contribution in [0.5, 0.6) is 5.75 Å². The molecule has 2 aromatic carbocycles. The Labute approximate surface area is 116 Å². The SMILES string of the molecule is COc1cc(C(=O)Nc2cccc(F)c2C)ccc1N. The third-order valence-electron chi connectivity index (χ3n) is 3.01. The number of nitrogens with one attached hydrogen (secondary N) is 1. The Bertz CT molecular complexity index is 656. The molecule has 0 saturated carbocycles. The molecular weight excluding hydrogens is 259 g/mol. The van der Waals surface area contributed by atoms with Gasteiger partial charge in [-0.2, -0.15) is 0 Å². The largest absolute Gasteiger partial charge is 0.495 e. The van der Waals surface area contributed by atoms with Crippen molar-refractivity contribution >= 4 is 17.3 Å². The molecule has 0 aliphatic carbocycles. The number of amides is 1.